The average molecular weight is 508 g/mol. The van der Waals surface area contributed by atoms with Crippen molar-refractivity contribution in [2.24, 2.45) is 5.92 Å². The third-order valence-corrected chi connectivity index (χ3v) is 9.64. The lowest BCUT2D eigenvalue weighted by Crippen LogP contribution is -2.47. The van der Waals surface area contributed by atoms with Crippen molar-refractivity contribution in [1.82, 2.24) is 24.5 Å². The molecule has 3 saturated heterocycles. The molecule has 1 amide bonds. The standard InChI is InChI=1S/C23H33N5O6S/c1-15-20(16(2)33-25-15)35(30,31)28-10-5-18(6-11-28)23(29)27-9-3-4-19(14-27)22-24-21(26-34-22)17-7-12-32-13-8-17/h17-19H,3-14H2,1-2H3. The molecule has 2 aromatic rings. The molecule has 0 aliphatic carbocycles. The second kappa shape index (κ2) is 9.98. The molecule has 1 unspecified atom stereocenters. The van der Waals surface area contributed by atoms with Gasteiger partial charge in [-0.05, 0) is 52.4 Å². The summed E-state index contributed by atoms with van der Waals surface area (Å²) in [5.74, 6) is 1.87. The van der Waals surface area contributed by atoms with E-state index in [2.05, 4.69) is 15.3 Å². The number of aryl methyl sites for hydroxylation is 2. The maximum atomic E-state index is 13.3. The van der Waals surface area contributed by atoms with Crippen LogP contribution in [-0.4, -0.2) is 78.2 Å². The predicted molar refractivity (Wildman–Crippen MR) is 123 cm³/mol. The molecule has 3 aliphatic heterocycles. The van der Waals surface area contributed by atoms with Gasteiger partial charge in [0.2, 0.25) is 21.8 Å². The topological polar surface area (TPSA) is 132 Å². The largest absolute Gasteiger partial charge is 0.381 e. The van der Waals surface area contributed by atoms with Gasteiger partial charge < -0.3 is 18.7 Å². The molecule has 1 atom stereocenters. The fourth-order valence-corrected chi connectivity index (χ4v) is 7.25. The van der Waals surface area contributed by atoms with Crippen LogP contribution in [0.5, 0.6) is 0 Å². The van der Waals surface area contributed by atoms with Crippen molar-refractivity contribution >= 4 is 15.9 Å². The molecule has 0 spiro atoms. The van der Waals surface area contributed by atoms with Gasteiger partial charge in [-0.15, -0.1) is 0 Å². The van der Waals surface area contributed by atoms with Crippen molar-refractivity contribution in [3.8, 4) is 0 Å². The summed E-state index contributed by atoms with van der Waals surface area (Å²) in [7, 11) is -3.69. The number of hydrogen-bond acceptors (Lipinski definition) is 9. The smallest absolute Gasteiger partial charge is 0.248 e. The number of likely N-dealkylation sites (tertiary alicyclic amines) is 1. The number of hydrogen-bond donors (Lipinski definition) is 0. The summed E-state index contributed by atoms with van der Waals surface area (Å²) < 4.78 is 43.7. The predicted octanol–water partition coefficient (Wildman–Crippen LogP) is 2.38. The fourth-order valence-electron chi connectivity index (χ4n) is 5.49. The molecular formula is C23H33N5O6S. The van der Waals surface area contributed by atoms with Crippen LogP contribution < -0.4 is 0 Å². The summed E-state index contributed by atoms with van der Waals surface area (Å²) in [6.45, 7) is 6.54. The summed E-state index contributed by atoms with van der Waals surface area (Å²) in [6, 6.07) is 0. The first-order valence-corrected chi connectivity index (χ1v) is 13.9. The Morgan fingerprint density at radius 1 is 0.943 bits per heavy atom. The van der Waals surface area contributed by atoms with Gasteiger partial charge in [0.05, 0.1) is 5.92 Å². The van der Waals surface area contributed by atoms with Crippen molar-refractivity contribution in [2.45, 2.75) is 69.1 Å². The third-order valence-electron chi connectivity index (χ3n) is 7.50. The van der Waals surface area contributed by atoms with E-state index >= 15 is 0 Å². The zero-order valence-electron chi connectivity index (χ0n) is 20.3. The highest BCUT2D eigenvalue weighted by Gasteiger charge is 2.38. The van der Waals surface area contributed by atoms with E-state index in [0.29, 0.717) is 56.4 Å². The fraction of sp³-hybridized carbons (Fsp3) is 0.739. The highest BCUT2D eigenvalue weighted by molar-refractivity contribution is 7.89. The summed E-state index contributed by atoms with van der Waals surface area (Å²) in [5.41, 5.74) is 0.362. The van der Waals surface area contributed by atoms with Gasteiger partial charge in [0.25, 0.3) is 0 Å². The number of carbonyl (C=O) groups excluding carboxylic acids is 1. The third kappa shape index (κ3) is 4.88. The first kappa shape index (κ1) is 24.4. The SMILES string of the molecule is Cc1noc(C)c1S(=O)(=O)N1CCC(C(=O)N2CCCC(c3nc(C4CCOCC4)no3)C2)CC1. The van der Waals surface area contributed by atoms with Gasteiger partial charge in [-0.3, -0.25) is 4.79 Å². The number of aromatic nitrogens is 3. The van der Waals surface area contributed by atoms with E-state index in [9.17, 15) is 13.2 Å². The van der Waals surface area contributed by atoms with Crippen LogP contribution in [0.3, 0.4) is 0 Å². The Labute approximate surface area is 205 Å². The molecule has 12 heteroatoms. The Bertz CT molecular complexity index is 1130. The number of carbonyl (C=O) groups is 1. The van der Waals surface area contributed by atoms with Gasteiger partial charge in [-0.2, -0.15) is 9.29 Å². The van der Waals surface area contributed by atoms with E-state index in [1.54, 1.807) is 13.8 Å². The van der Waals surface area contributed by atoms with E-state index < -0.39 is 10.0 Å². The summed E-state index contributed by atoms with van der Waals surface area (Å²) in [5, 5.41) is 8.00. The van der Waals surface area contributed by atoms with E-state index in [1.165, 1.54) is 4.31 Å². The Kier molecular flexibility index (Phi) is 6.95. The van der Waals surface area contributed by atoms with Crippen LogP contribution in [0.15, 0.2) is 13.9 Å². The van der Waals surface area contributed by atoms with Crippen LogP contribution in [0.2, 0.25) is 0 Å². The molecular weight excluding hydrogens is 474 g/mol. The van der Waals surface area contributed by atoms with Crippen LogP contribution in [-0.2, 0) is 19.6 Å². The molecule has 5 rings (SSSR count). The maximum absolute atomic E-state index is 13.3. The second-order valence-electron chi connectivity index (χ2n) is 9.83. The molecule has 5 heterocycles. The average Bonchev–Trinajstić information content (AvgIpc) is 3.51. The van der Waals surface area contributed by atoms with E-state index in [-0.39, 0.29) is 28.6 Å². The first-order chi connectivity index (χ1) is 16.8. The Balaban J connectivity index is 1.19. The van der Waals surface area contributed by atoms with Gasteiger partial charge in [-0.1, -0.05) is 10.3 Å². The normalized spacial score (nSPS) is 23.6. The van der Waals surface area contributed by atoms with Gasteiger partial charge in [0.1, 0.15) is 10.6 Å². The van der Waals surface area contributed by atoms with Crippen LogP contribution in [0.25, 0.3) is 0 Å². The second-order valence-corrected chi connectivity index (χ2v) is 11.7. The van der Waals surface area contributed by atoms with Gasteiger partial charge in [0, 0.05) is 51.2 Å². The maximum Gasteiger partial charge on any atom is 0.248 e. The molecule has 192 valence electrons. The van der Waals surface area contributed by atoms with Crippen molar-refractivity contribution < 1.29 is 27.0 Å². The molecule has 35 heavy (non-hydrogen) atoms. The highest BCUT2D eigenvalue weighted by Crippen LogP contribution is 2.32. The lowest BCUT2D eigenvalue weighted by molar-refractivity contribution is -0.138. The molecule has 0 N–H and O–H groups in total. The summed E-state index contributed by atoms with van der Waals surface area (Å²) in [4.78, 5) is 20.0. The van der Waals surface area contributed by atoms with Gasteiger partial charge >= 0.3 is 0 Å². The van der Waals surface area contributed by atoms with Crippen molar-refractivity contribution in [1.29, 1.82) is 0 Å². The molecule has 11 nitrogen and oxygen atoms in total. The number of sulfonamides is 1. The first-order valence-electron chi connectivity index (χ1n) is 12.5. The minimum Gasteiger partial charge on any atom is -0.381 e. The summed E-state index contributed by atoms with van der Waals surface area (Å²) in [6.07, 6.45) is 4.59. The lowest BCUT2D eigenvalue weighted by atomic mass is 9.92. The van der Waals surface area contributed by atoms with Crippen molar-refractivity contribution in [3.63, 3.8) is 0 Å². The van der Waals surface area contributed by atoms with Crippen LogP contribution >= 0.6 is 0 Å². The molecule has 0 bridgehead atoms. The zero-order chi connectivity index (χ0) is 24.6. The molecule has 0 saturated carbocycles. The Morgan fingerprint density at radius 2 is 1.69 bits per heavy atom. The highest BCUT2D eigenvalue weighted by atomic mass is 32.2. The monoisotopic (exact) mass is 507 g/mol. The van der Waals surface area contributed by atoms with E-state index in [0.717, 1.165) is 44.7 Å². The molecule has 2 aromatic heterocycles. The van der Waals surface area contributed by atoms with Gasteiger partial charge in [-0.25, -0.2) is 8.42 Å². The quantitative estimate of drug-likeness (QED) is 0.598. The molecule has 0 radical (unpaired) electrons. The van der Waals surface area contributed by atoms with Crippen LogP contribution in [0, 0.1) is 19.8 Å². The summed E-state index contributed by atoms with van der Waals surface area (Å²) >= 11 is 0. The molecule has 3 aliphatic rings. The molecule has 0 aromatic carbocycles. The number of piperidine rings is 2. The number of amides is 1. The van der Waals surface area contributed by atoms with Crippen LogP contribution in [0.4, 0.5) is 0 Å². The minimum absolute atomic E-state index is 0.0359. The zero-order valence-corrected chi connectivity index (χ0v) is 21.1. The van der Waals surface area contributed by atoms with Crippen LogP contribution in [0.1, 0.15) is 73.5 Å². The van der Waals surface area contributed by atoms with Crippen molar-refractivity contribution in [2.75, 3.05) is 39.4 Å². The number of nitrogens with zero attached hydrogens (tertiary/aromatic N) is 5. The van der Waals surface area contributed by atoms with Crippen molar-refractivity contribution in [3.05, 3.63) is 23.2 Å². The Morgan fingerprint density at radius 3 is 2.37 bits per heavy atom. The molecule has 3 fully saturated rings. The minimum atomic E-state index is -3.69. The number of ether oxygens (including phenoxy) is 1. The van der Waals surface area contributed by atoms with E-state index in [1.807, 2.05) is 4.90 Å². The van der Waals surface area contributed by atoms with Gasteiger partial charge in [0.15, 0.2) is 11.6 Å². The number of rotatable bonds is 5. The lowest BCUT2D eigenvalue weighted by Gasteiger charge is -2.36. The Hall–Kier alpha value is -2.31. The van der Waals surface area contributed by atoms with E-state index in [4.69, 9.17) is 13.8 Å².